The summed E-state index contributed by atoms with van der Waals surface area (Å²) in [4.78, 5) is 27.8. The molecule has 0 bridgehead atoms. The standard InChI is InChI=1S/C19H22N2O5/c1-14(15-6-4-3-5-7-15)21-13-20-10-16(21)18(23)25-12-19(8-9-19)26-11-17(22)24-2/h3-7,10,13-14H,8-9,11-12H2,1-2H3/t14-/m1/s1. The lowest BCUT2D eigenvalue weighted by Crippen LogP contribution is -2.27. The minimum absolute atomic E-state index is 0.0493. The van der Waals surface area contributed by atoms with Crippen molar-refractivity contribution in [2.75, 3.05) is 20.3 Å². The lowest BCUT2D eigenvalue weighted by Gasteiger charge is -2.18. The van der Waals surface area contributed by atoms with Crippen LogP contribution in [0.25, 0.3) is 0 Å². The van der Waals surface area contributed by atoms with Gasteiger partial charge in [0.2, 0.25) is 0 Å². The van der Waals surface area contributed by atoms with Gasteiger partial charge in [0.05, 0.1) is 25.7 Å². The molecule has 1 aromatic heterocycles. The molecule has 0 amide bonds. The number of carbonyl (C=O) groups is 2. The monoisotopic (exact) mass is 358 g/mol. The van der Waals surface area contributed by atoms with Gasteiger partial charge < -0.3 is 18.8 Å². The van der Waals surface area contributed by atoms with Crippen molar-refractivity contribution in [2.24, 2.45) is 0 Å². The molecule has 2 aromatic rings. The van der Waals surface area contributed by atoms with Crippen LogP contribution >= 0.6 is 0 Å². The minimum Gasteiger partial charge on any atom is -0.467 e. The number of aromatic nitrogens is 2. The minimum atomic E-state index is -0.570. The third-order valence-electron chi connectivity index (χ3n) is 4.57. The van der Waals surface area contributed by atoms with E-state index in [1.807, 2.05) is 37.3 Å². The van der Waals surface area contributed by atoms with E-state index in [0.29, 0.717) is 5.69 Å². The third kappa shape index (κ3) is 4.11. The van der Waals surface area contributed by atoms with Crippen molar-refractivity contribution in [2.45, 2.75) is 31.4 Å². The molecule has 0 N–H and O–H groups in total. The maximum absolute atomic E-state index is 12.5. The molecule has 7 nitrogen and oxygen atoms in total. The number of nitrogens with zero attached hydrogens (tertiary/aromatic N) is 2. The summed E-state index contributed by atoms with van der Waals surface area (Å²) in [5.74, 6) is -0.907. The average molecular weight is 358 g/mol. The Morgan fingerprint density at radius 2 is 2.00 bits per heavy atom. The molecular weight excluding hydrogens is 336 g/mol. The number of esters is 2. The molecule has 3 rings (SSSR count). The fourth-order valence-corrected chi connectivity index (χ4v) is 2.68. The summed E-state index contributed by atoms with van der Waals surface area (Å²) < 4.78 is 17.3. The normalized spacial score (nSPS) is 15.9. The second-order valence-corrected chi connectivity index (χ2v) is 6.40. The van der Waals surface area contributed by atoms with Crippen LogP contribution in [0.1, 0.15) is 41.9 Å². The Hall–Kier alpha value is -2.67. The first kappa shape index (κ1) is 18.1. The second-order valence-electron chi connectivity index (χ2n) is 6.40. The Balaban J connectivity index is 1.61. The zero-order valence-electron chi connectivity index (χ0n) is 14.9. The molecule has 0 unspecified atom stereocenters. The van der Waals surface area contributed by atoms with E-state index in [1.54, 1.807) is 10.9 Å². The van der Waals surface area contributed by atoms with Crippen molar-refractivity contribution in [3.05, 3.63) is 54.1 Å². The van der Waals surface area contributed by atoms with Gasteiger partial charge >= 0.3 is 11.9 Å². The quantitative estimate of drug-likeness (QED) is 0.674. The van der Waals surface area contributed by atoms with Gasteiger partial charge in [-0.25, -0.2) is 14.6 Å². The number of imidazole rings is 1. The van der Waals surface area contributed by atoms with Crippen molar-refractivity contribution in [3.63, 3.8) is 0 Å². The molecule has 138 valence electrons. The zero-order chi connectivity index (χ0) is 18.6. The number of carbonyl (C=O) groups excluding carboxylic acids is 2. The van der Waals surface area contributed by atoms with Crippen molar-refractivity contribution in [3.8, 4) is 0 Å². The smallest absolute Gasteiger partial charge is 0.356 e. The van der Waals surface area contributed by atoms with Crippen LogP contribution in [0.3, 0.4) is 0 Å². The molecule has 1 aliphatic rings. The Bertz CT molecular complexity index is 767. The summed E-state index contributed by atoms with van der Waals surface area (Å²) in [7, 11) is 1.31. The molecule has 26 heavy (non-hydrogen) atoms. The molecular formula is C19H22N2O5. The molecule has 0 saturated heterocycles. The van der Waals surface area contributed by atoms with Gasteiger partial charge in [-0.1, -0.05) is 30.3 Å². The Labute approximate surface area is 151 Å². The summed E-state index contributed by atoms with van der Waals surface area (Å²) in [5, 5.41) is 0. The van der Waals surface area contributed by atoms with Gasteiger partial charge in [-0.2, -0.15) is 0 Å². The van der Waals surface area contributed by atoms with Gasteiger partial charge in [-0.05, 0) is 25.3 Å². The van der Waals surface area contributed by atoms with E-state index in [9.17, 15) is 9.59 Å². The van der Waals surface area contributed by atoms with Crippen LogP contribution in [0.15, 0.2) is 42.9 Å². The SMILES string of the molecule is COC(=O)COC1(COC(=O)c2cncn2[C@H](C)c2ccccc2)CC1. The molecule has 0 spiro atoms. The number of hydrogen-bond donors (Lipinski definition) is 0. The second kappa shape index (κ2) is 7.70. The summed E-state index contributed by atoms with van der Waals surface area (Å²) in [6.45, 7) is 1.96. The molecule has 1 aromatic carbocycles. The van der Waals surface area contributed by atoms with Gasteiger partial charge in [-0.3, -0.25) is 0 Å². The Morgan fingerprint density at radius 3 is 2.65 bits per heavy atom. The third-order valence-corrected chi connectivity index (χ3v) is 4.57. The molecule has 1 atom stereocenters. The molecule has 1 fully saturated rings. The van der Waals surface area contributed by atoms with Crippen molar-refractivity contribution < 1.29 is 23.8 Å². The highest BCUT2D eigenvalue weighted by Gasteiger charge is 2.46. The number of hydrogen-bond acceptors (Lipinski definition) is 6. The van der Waals surface area contributed by atoms with Crippen LogP contribution in [-0.4, -0.2) is 47.4 Å². The van der Waals surface area contributed by atoms with E-state index in [1.165, 1.54) is 13.3 Å². The summed E-state index contributed by atoms with van der Waals surface area (Å²) >= 11 is 0. The lowest BCUT2D eigenvalue weighted by molar-refractivity contribution is -0.150. The van der Waals surface area contributed by atoms with Crippen LogP contribution in [-0.2, 0) is 19.0 Å². The van der Waals surface area contributed by atoms with Crippen LogP contribution in [0.2, 0.25) is 0 Å². The van der Waals surface area contributed by atoms with Crippen molar-refractivity contribution in [1.82, 2.24) is 9.55 Å². The van der Waals surface area contributed by atoms with E-state index in [0.717, 1.165) is 18.4 Å². The van der Waals surface area contributed by atoms with Crippen LogP contribution < -0.4 is 0 Å². The van der Waals surface area contributed by atoms with Crippen molar-refractivity contribution in [1.29, 1.82) is 0 Å². The van der Waals surface area contributed by atoms with Crippen LogP contribution in [0, 0.1) is 0 Å². The van der Waals surface area contributed by atoms with Gasteiger partial charge in [-0.15, -0.1) is 0 Å². The maximum atomic E-state index is 12.5. The van der Waals surface area contributed by atoms with Crippen molar-refractivity contribution >= 4 is 11.9 Å². The number of ether oxygens (including phenoxy) is 3. The fourth-order valence-electron chi connectivity index (χ4n) is 2.68. The molecule has 0 radical (unpaired) electrons. The summed E-state index contributed by atoms with van der Waals surface area (Å²) in [6.07, 6.45) is 4.61. The highest BCUT2D eigenvalue weighted by atomic mass is 16.6. The molecule has 7 heteroatoms. The highest BCUT2D eigenvalue weighted by Crippen LogP contribution is 2.40. The predicted molar refractivity (Wildman–Crippen MR) is 92.7 cm³/mol. The summed E-state index contributed by atoms with van der Waals surface area (Å²) in [5.41, 5.74) is 0.879. The summed E-state index contributed by atoms with van der Waals surface area (Å²) in [6, 6.07) is 9.81. The van der Waals surface area contributed by atoms with Gasteiger partial charge in [0.15, 0.2) is 0 Å². The largest absolute Gasteiger partial charge is 0.467 e. The first-order chi connectivity index (χ1) is 12.5. The first-order valence-corrected chi connectivity index (χ1v) is 8.49. The van der Waals surface area contributed by atoms with Gasteiger partial charge in [0, 0.05) is 0 Å². The number of benzene rings is 1. The molecule has 1 aliphatic carbocycles. The Morgan fingerprint density at radius 1 is 1.27 bits per heavy atom. The van der Waals surface area contributed by atoms with E-state index < -0.39 is 17.5 Å². The fraction of sp³-hybridized carbons (Fsp3) is 0.421. The van der Waals surface area contributed by atoms with E-state index in [2.05, 4.69) is 9.72 Å². The average Bonchev–Trinajstić information content (AvgIpc) is 3.28. The predicted octanol–water partition coefficient (Wildman–Crippen LogP) is 2.37. The zero-order valence-corrected chi connectivity index (χ0v) is 14.9. The molecule has 1 saturated carbocycles. The van der Waals surface area contributed by atoms with Gasteiger partial charge in [0.1, 0.15) is 24.5 Å². The molecule has 1 heterocycles. The van der Waals surface area contributed by atoms with E-state index in [4.69, 9.17) is 9.47 Å². The molecule has 0 aliphatic heterocycles. The number of methoxy groups -OCH3 is 1. The van der Waals surface area contributed by atoms with Crippen LogP contribution in [0.5, 0.6) is 0 Å². The first-order valence-electron chi connectivity index (χ1n) is 8.49. The maximum Gasteiger partial charge on any atom is 0.356 e. The topological polar surface area (TPSA) is 79.7 Å². The van der Waals surface area contributed by atoms with E-state index in [-0.39, 0.29) is 19.3 Å². The number of rotatable bonds is 8. The van der Waals surface area contributed by atoms with Crippen LogP contribution in [0.4, 0.5) is 0 Å². The highest BCUT2D eigenvalue weighted by molar-refractivity contribution is 5.87. The van der Waals surface area contributed by atoms with E-state index >= 15 is 0 Å². The lowest BCUT2D eigenvalue weighted by atomic mass is 10.1. The Kier molecular flexibility index (Phi) is 5.37. The van der Waals surface area contributed by atoms with Gasteiger partial charge in [0.25, 0.3) is 0 Å².